The highest BCUT2D eigenvalue weighted by molar-refractivity contribution is 7.71. The van der Waals surface area contributed by atoms with Gasteiger partial charge in [0.05, 0.1) is 0 Å². The zero-order valence-electron chi connectivity index (χ0n) is 8.71. The Morgan fingerprint density at radius 3 is 2.93 bits per heavy atom. The fraction of sp³-hybridized carbons (Fsp3) is 0.636. The van der Waals surface area contributed by atoms with Crippen molar-refractivity contribution in [3.05, 3.63) is 22.2 Å². The summed E-state index contributed by atoms with van der Waals surface area (Å²) in [6, 6.07) is 2.01. The van der Waals surface area contributed by atoms with Crippen LogP contribution in [0.5, 0.6) is 0 Å². The van der Waals surface area contributed by atoms with E-state index in [2.05, 4.69) is 23.8 Å². The van der Waals surface area contributed by atoms with Gasteiger partial charge in [-0.25, -0.2) is 4.98 Å². The molecule has 0 spiro atoms. The molecule has 1 aliphatic carbocycles. The first-order valence-corrected chi connectivity index (χ1v) is 5.72. The molecule has 1 N–H and O–H groups in total. The molecule has 3 heteroatoms. The molecule has 2 nitrogen and oxygen atoms in total. The summed E-state index contributed by atoms with van der Waals surface area (Å²) >= 11 is 5.17. The maximum atomic E-state index is 5.17. The third-order valence-corrected chi connectivity index (χ3v) is 3.09. The molecule has 1 heterocycles. The van der Waals surface area contributed by atoms with Crippen molar-refractivity contribution in [3.63, 3.8) is 0 Å². The van der Waals surface area contributed by atoms with Crippen molar-refractivity contribution in [1.82, 2.24) is 9.97 Å². The number of hydrogen-bond acceptors (Lipinski definition) is 2. The first kappa shape index (κ1) is 9.84. The van der Waals surface area contributed by atoms with Crippen LogP contribution in [0.3, 0.4) is 0 Å². The Morgan fingerprint density at radius 1 is 1.64 bits per heavy atom. The minimum absolute atomic E-state index is 0.482. The summed E-state index contributed by atoms with van der Waals surface area (Å²) < 4.78 is 0.737. The minimum Gasteiger partial charge on any atom is -0.347 e. The molecular formula is C11H16N2S. The van der Waals surface area contributed by atoms with Crippen LogP contribution in [0.15, 0.2) is 6.07 Å². The molecule has 1 aliphatic rings. The smallest absolute Gasteiger partial charge is 0.130 e. The van der Waals surface area contributed by atoms with E-state index in [4.69, 9.17) is 12.2 Å². The first-order valence-electron chi connectivity index (χ1n) is 5.32. The van der Waals surface area contributed by atoms with Gasteiger partial charge in [-0.05, 0) is 31.2 Å². The highest BCUT2D eigenvalue weighted by atomic mass is 32.1. The van der Waals surface area contributed by atoms with E-state index in [1.54, 1.807) is 0 Å². The Hall–Kier alpha value is -0.700. The van der Waals surface area contributed by atoms with Gasteiger partial charge in [0.1, 0.15) is 10.5 Å². The summed E-state index contributed by atoms with van der Waals surface area (Å²) in [6.45, 7) is 4.36. The molecule has 0 radical (unpaired) electrons. The normalized spacial score (nSPS) is 18.1. The van der Waals surface area contributed by atoms with Crippen molar-refractivity contribution in [2.45, 2.75) is 44.9 Å². The largest absolute Gasteiger partial charge is 0.347 e. The molecule has 1 aromatic rings. The van der Waals surface area contributed by atoms with Crippen molar-refractivity contribution < 1.29 is 0 Å². The van der Waals surface area contributed by atoms with Gasteiger partial charge in [0, 0.05) is 11.6 Å². The Balaban J connectivity index is 2.35. The van der Waals surface area contributed by atoms with Crippen molar-refractivity contribution >= 4 is 12.2 Å². The van der Waals surface area contributed by atoms with E-state index in [9.17, 15) is 0 Å². The molecule has 76 valence electrons. The maximum Gasteiger partial charge on any atom is 0.130 e. The summed E-state index contributed by atoms with van der Waals surface area (Å²) in [5, 5.41) is 0. The van der Waals surface area contributed by atoms with Crippen LogP contribution in [-0.2, 0) is 0 Å². The van der Waals surface area contributed by atoms with Gasteiger partial charge >= 0.3 is 0 Å². The van der Waals surface area contributed by atoms with Crippen LogP contribution >= 0.6 is 12.2 Å². The number of rotatable bonds is 3. The van der Waals surface area contributed by atoms with Gasteiger partial charge in [0.25, 0.3) is 0 Å². The molecule has 1 atom stereocenters. The van der Waals surface area contributed by atoms with E-state index >= 15 is 0 Å². The predicted octanol–water partition coefficient (Wildman–Crippen LogP) is 3.53. The van der Waals surface area contributed by atoms with Crippen LogP contribution in [0.4, 0.5) is 0 Å². The molecule has 14 heavy (non-hydrogen) atoms. The van der Waals surface area contributed by atoms with Crippen LogP contribution in [0, 0.1) is 4.64 Å². The number of hydrogen-bond donors (Lipinski definition) is 1. The van der Waals surface area contributed by atoms with Gasteiger partial charge in [-0.3, -0.25) is 0 Å². The number of nitrogens with zero attached hydrogens (tertiary/aromatic N) is 1. The summed E-state index contributed by atoms with van der Waals surface area (Å²) in [6.07, 6.45) is 3.71. The molecule has 0 aliphatic heterocycles. The number of nitrogens with one attached hydrogen (secondary N) is 1. The number of aromatic amines is 1. The summed E-state index contributed by atoms with van der Waals surface area (Å²) in [7, 11) is 0. The maximum absolute atomic E-state index is 5.17. The first-order chi connectivity index (χ1) is 6.70. The summed E-state index contributed by atoms with van der Waals surface area (Å²) in [5.74, 6) is 2.26. The number of aromatic nitrogens is 2. The van der Waals surface area contributed by atoms with Crippen molar-refractivity contribution in [3.8, 4) is 0 Å². The summed E-state index contributed by atoms with van der Waals surface area (Å²) in [4.78, 5) is 7.79. The van der Waals surface area contributed by atoms with Gasteiger partial charge in [-0.15, -0.1) is 0 Å². The Morgan fingerprint density at radius 2 is 2.36 bits per heavy atom. The van der Waals surface area contributed by atoms with E-state index in [1.165, 1.54) is 18.5 Å². The molecular weight excluding hydrogens is 192 g/mol. The van der Waals surface area contributed by atoms with Crippen LogP contribution in [0.1, 0.15) is 56.5 Å². The molecule has 1 saturated carbocycles. The second-order valence-electron chi connectivity index (χ2n) is 4.14. The molecule has 1 unspecified atom stereocenters. The van der Waals surface area contributed by atoms with Gasteiger partial charge < -0.3 is 4.98 Å². The van der Waals surface area contributed by atoms with Gasteiger partial charge in [-0.1, -0.05) is 26.1 Å². The molecule has 2 rings (SSSR count). The lowest BCUT2D eigenvalue weighted by Gasteiger charge is -2.09. The van der Waals surface area contributed by atoms with Crippen LogP contribution in [-0.4, -0.2) is 9.97 Å². The van der Waals surface area contributed by atoms with Crippen LogP contribution in [0.2, 0.25) is 0 Å². The quantitative estimate of drug-likeness (QED) is 0.770. The fourth-order valence-electron chi connectivity index (χ4n) is 1.54. The monoisotopic (exact) mass is 208 g/mol. The molecule has 0 aromatic carbocycles. The average molecular weight is 208 g/mol. The van der Waals surface area contributed by atoms with E-state index < -0.39 is 0 Å². The van der Waals surface area contributed by atoms with Crippen LogP contribution < -0.4 is 0 Å². The minimum atomic E-state index is 0.482. The van der Waals surface area contributed by atoms with E-state index in [-0.39, 0.29) is 0 Å². The van der Waals surface area contributed by atoms with Crippen molar-refractivity contribution in [1.29, 1.82) is 0 Å². The predicted molar refractivity (Wildman–Crippen MR) is 60.1 cm³/mol. The standard InChI is InChI=1S/C11H16N2S/c1-3-7(2)11-12-9(8-4-5-8)6-10(14)13-11/h6-8H,3-5H2,1-2H3,(H,12,13,14). The zero-order valence-corrected chi connectivity index (χ0v) is 9.53. The zero-order chi connectivity index (χ0) is 10.1. The Kier molecular flexibility index (Phi) is 2.68. The molecule has 1 aromatic heterocycles. The molecule has 0 saturated heterocycles. The second kappa shape index (κ2) is 3.81. The van der Waals surface area contributed by atoms with E-state index in [1.807, 2.05) is 6.07 Å². The van der Waals surface area contributed by atoms with Crippen LogP contribution in [0.25, 0.3) is 0 Å². The summed E-state index contributed by atoms with van der Waals surface area (Å²) in [5.41, 5.74) is 1.29. The van der Waals surface area contributed by atoms with E-state index in [0.717, 1.165) is 22.8 Å². The number of H-pyrrole nitrogens is 1. The molecule has 0 amide bonds. The van der Waals surface area contributed by atoms with Crippen molar-refractivity contribution in [2.24, 2.45) is 0 Å². The van der Waals surface area contributed by atoms with Gasteiger partial charge in [0.2, 0.25) is 0 Å². The highest BCUT2D eigenvalue weighted by Gasteiger charge is 2.25. The Bertz CT molecular complexity index is 379. The van der Waals surface area contributed by atoms with Gasteiger partial charge in [-0.2, -0.15) is 0 Å². The fourth-order valence-corrected chi connectivity index (χ4v) is 1.76. The average Bonchev–Trinajstić information content (AvgIpc) is 2.98. The Labute approximate surface area is 89.8 Å². The third kappa shape index (κ3) is 2.03. The molecule has 0 bridgehead atoms. The topological polar surface area (TPSA) is 28.7 Å². The SMILES string of the molecule is CCC(C)c1nc(=S)cc(C2CC2)[nH]1. The molecule has 1 fully saturated rings. The third-order valence-electron chi connectivity index (χ3n) is 2.88. The second-order valence-corrected chi connectivity index (χ2v) is 4.56. The van der Waals surface area contributed by atoms with Gasteiger partial charge in [0.15, 0.2) is 0 Å². The lowest BCUT2D eigenvalue weighted by Crippen LogP contribution is -2.02. The lowest BCUT2D eigenvalue weighted by atomic mass is 10.1. The van der Waals surface area contributed by atoms with Crippen molar-refractivity contribution in [2.75, 3.05) is 0 Å². The van der Waals surface area contributed by atoms with E-state index in [0.29, 0.717) is 5.92 Å². The lowest BCUT2D eigenvalue weighted by molar-refractivity contribution is 0.669. The highest BCUT2D eigenvalue weighted by Crippen LogP contribution is 2.39.